The summed E-state index contributed by atoms with van der Waals surface area (Å²) in [5, 5.41) is 9.82. The Morgan fingerprint density at radius 2 is 2.07 bits per heavy atom. The van der Waals surface area contributed by atoms with Gasteiger partial charge < -0.3 is 15.6 Å². The lowest BCUT2D eigenvalue weighted by molar-refractivity contribution is 0.315. The van der Waals surface area contributed by atoms with E-state index in [0.29, 0.717) is 12.4 Å². The average molecular weight is 232 g/mol. The van der Waals surface area contributed by atoms with E-state index in [4.69, 9.17) is 10.5 Å². The third-order valence-corrected chi connectivity index (χ3v) is 2.17. The molecule has 0 fully saturated rings. The highest BCUT2D eigenvalue weighted by Gasteiger charge is 2.12. The van der Waals surface area contributed by atoms with Gasteiger partial charge in [-0.3, -0.25) is 0 Å². The molecule has 1 aromatic carbocycles. The van der Waals surface area contributed by atoms with Gasteiger partial charge in [0.1, 0.15) is 0 Å². The molecule has 0 unspecified atom stereocenters. The van der Waals surface area contributed by atoms with Gasteiger partial charge in [-0.2, -0.15) is 0 Å². The predicted octanol–water partition coefficient (Wildman–Crippen LogP) is 2.62. The van der Waals surface area contributed by atoms with Gasteiger partial charge in [0.15, 0.2) is 11.5 Å². The first-order valence-electron chi connectivity index (χ1n) is 4.90. The molecule has 1 atom stereocenters. The van der Waals surface area contributed by atoms with Crippen molar-refractivity contribution in [3.05, 3.63) is 23.8 Å². The smallest absolute Gasteiger partial charge is 0.162 e. The van der Waals surface area contributed by atoms with Gasteiger partial charge in [-0.1, -0.05) is 19.1 Å². The second kappa shape index (κ2) is 6.53. The molecule has 0 spiro atoms. The first-order chi connectivity index (χ1) is 6.70. The van der Waals surface area contributed by atoms with Crippen molar-refractivity contribution in [2.45, 2.75) is 26.3 Å². The summed E-state index contributed by atoms with van der Waals surface area (Å²) in [6.07, 6.45) is 0.795. The second-order valence-corrected chi connectivity index (χ2v) is 3.14. The van der Waals surface area contributed by atoms with Crippen LogP contribution in [-0.4, -0.2) is 11.7 Å². The highest BCUT2D eigenvalue weighted by molar-refractivity contribution is 5.85. The molecule has 1 rings (SSSR count). The number of phenols is 1. The maximum absolute atomic E-state index is 9.82. The number of halogens is 1. The molecular formula is C11H18ClNO2. The highest BCUT2D eigenvalue weighted by atomic mass is 35.5. The number of hydrogen-bond donors (Lipinski definition) is 2. The van der Waals surface area contributed by atoms with Crippen LogP contribution in [-0.2, 0) is 0 Å². The molecule has 0 aliphatic heterocycles. The minimum atomic E-state index is -0.129. The van der Waals surface area contributed by atoms with E-state index in [2.05, 4.69) is 0 Å². The molecule has 0 saturated carbocycles. The summed E-state index contributed by atoms with van der Waals surface area (Å²) < 4.78 is 5.27. The van der Waals surface area contributed by atoms with Crippen molar-refractivity contribution in [1.82, 2.24) is 0 Å². The fourth-order valence-corrected chi connectivity index (χ4v) is 1.33. The zero-order chi connectivity index (χ0) is 10.6. The Labute approximate surface area is 96.7 Å². The van der Waals surface area contributed by atoms with Gasteiger partial charge in [-0.25, -0.2) is 0 Å². The van der Waals surface area contributed by atoms with Crippen molar-refractivity contribution in [2.24, 2.45) is 5.73 Å². The summed E-state index contributed by atoms with van der Waals surface area (Å²) in [6.45, 7) is 4.40. The van der Waals surface area contributed by atoms with E-state index in [1.54, 1.807) is 6.07 Å². The van der Waals surface area contributed by atoms with Crippen LogP contribution in [0.15, 0.2) is 18.2 Å². The molecule has 4 heteroatoms. The summed E-state index contributed by atoms with van der Waals surface area (Å²) in [7, 11) is 0. The molecule has 0 bridgehead atoms. The lowest BCUT2D eigenvalue weighted by Gasteiger charge is -2.14. The Balaban J connectivity index is 0.00000196. The third kappa shape index (κ3) is 3.29. The Bertz CT molecular complexity index is 305. The fourth-order valence-electron chi connectivity index (χ4n) is 1.33. The number of nitrogens with two attached hydrogens (primary N) is 1. The van der Waals surface area contributed by atoms with Crippen LogP contribution in [0.25, 0.3) is 0 Å². The number of aromatic hydroxyl groups is 1. The molecule has 0 amide bonds. The molecule has 1 aromatic rings. The summed E-state index contributed by atoms with van der Waals surface area (Å²) in [5.74, 6) is 0.678. The topological polar surface area (TPSA) is 55.5 Å². The molecule has 0 radical (unpaired) electrons. The van der Waals surface area contributed by atoms with Gasteiger partial charge in [0, 0.05) is 11.6 Å². The van der Waals surface area contributed by atoms with E-state index < -0.39 is 0 Å². The van der Waals surface area contributed by atoms with E-state index in [9.17, 15) is 5.11 Å². The Morgan fingerprint density at radius 3 is 2.60 bits per heavy atom. The van der Waals surface area contributed by atoms with Crippen LogP contribution in [0.1, 0.15) is 31.9 Å². The molecular weight excluding hydrogens is 214 g/mol. The Kier molecular flexibility index (Phi) is 6.13. The van der Waals surface area contributed by atoms with Gasteiger partial charge >= 0.3 is 0 Å². The van der Waals surface area contributed by atoms with Crippen molar-refractivity contribution in [3.8, 4) is 11.5 Å². The largest absolute Gasteiger partial charge is 0.504 e. The standard InChI is InChI=1S/C11H17NO2.ClH/c1-3-9(12)8-6-5-7-10(11(8)13)14-4-2;/h5-7,9,13H,3-4,12H2,1-2H3;1H/t9-;/m0./s1. The number of rotatable bonds is 4. The molecule has 3 N–H and O–H groups in total. The summed E-state index contributed by atoms with van der Waals surface area (Å²) in [6, 6.07) is 5.28. The van der Waals surface area contributed by atoms with Gasteiger partial charge in [-0.05, 0) is 19.4 Å². The number of ether oxygens (including phenoxy) is 1. The van der Waals surface area contributed by atoms with Crippen LogP contribution in [0.4, 0.5) is 0 Å². The number of benzene rings is 1. The zero-order valence-corrected chi connectivity index (χ0v) is 9.88. The van der Waals surface area contributed by atoms with Crippen molar-refractivity contribution < 1.29 is 9.84 Å². The van der Waals surface area contributed by atoms with Crippen LogP contribution in [0.5, 0.6) is 11.5 Å². The van der Waals surface area contributed by atoms with Crippen LogP contribution in [0.3, 0.4) is 0 Å². The highest BCUT2D eigenvalue weighted by Crippen LogP contribution is 2.33. The minimum Gasteiger partial charge on any atom is -0.504 e. The van der Waals surface area contributed by atoms with Gasteiger partial charge in [0.25, 0.3) is 0 Å². The first kappa shape index (κ1) is 14.1. The van der Waals surface area contributed by atoms with E-state index in [0.717, 1.165) is 12.0 Å². The van der Waals surface area contributed by atoms with Crippen molar-refractivity contribution >= 4 is 12.4 Å². The van der Waals surface area contributed by atoms with E-state index in [1.807, 2.05) is 26.0 Å². The van der Waals surface area contributed by atoms with Crippen molar-refractivity contribution in [2.75, 3.05) is 6.61 Å². The molecule has 0 saturated heterocycles. The van der Waals surface area contributed by atoms with Crippen molar-refractivity contribution in [3.63, 3.8) is 0 Å². The maximum Gasteiger partial charge on any atom is 0.162 e. The number of phenolic OH excluding ortho intramolecular Hbond substituents is 1. The summed E-state index contributed by atoms with van der Waals surface area (Å²) >= 11 is 0. The summed E-state index contributed by atoms with van der Waals surface area (Å²) in [4.78, 5) is 0. The molecule has 0 heterocycles. The molecule has 3 nitrogen and oxygen atoms in total. The molecule has 15 heavy (non-hydrogen) atoms. The first-order valence-corrected chi connectivity index (χ1v) is 4.90. The second-order valence-electron chi connectivity index (χ2n) is 3.14. The van der Waals surface area contributed by atoms with Gasteiger partial charge in [-0.15, -0.1) is 12.4 Å². The van der Waals surface area contributed by atoms with Crippen LogP contribution in [0.2, 0.25) is 0 Å². The molecule has 86 valence electrons. The quantitative estimate of drug-likeness (QED) is 0.838. The van der Waals surface area contributed by atoms with Crippen LogP contribution in [0, 0.1) is 0 Å². The number of hydrogen-bond acceptors (Lipinski definition) is 3. The molecule has 0 aliphatic carbocycles. The predicted molar refractivity (Wildman–Crippen MR) is 63.7 cm³/mol. The molecule has 0 aliphatic rings. The number of para-hydroxylation sites is 1. The van der Waals surface area contributed by atoms with Crippen molar-refractivity contribution in [1.29, 1.82) is 0 Å². The average Bonchev–Trinajstić information content (AvgIpc) is 2.20. The normalized spacial score (nSPS) is 11.7. The van der Waals surface area contributed by atoms with Gasteiger partial charge in [0.05, 0.1) is 6.61 Å². The Hall–Kier alpha value is -0.930. The lowest BCUT2D eigenvalue weighted by atomic mass is 10.0. The maximum atomic E-state index is 9.82. The summed E-state index contributed by atoms with van der Waals surface area (Å²) in [5.41, 5.74) is 6.59. The monoisotopic (exact) mass is 231 g/mol. The Morgan fingerprint density at radius 1 is 1.40 bits per heavy atom. The van der Waals surface area contributed by atoms with E-state index >= 15 is 0 Å². The van der Waals surface area contributed by atoms with Gasteiger partial charge in [0.2, 0.25) is 0 Å². The van der Waals surface area contributed by atoms with E-state index in [1.165, 1.54) is 0 Å². The fraction of sp³-hybridized carbons (Fsp3) is 0.455. The SMILES string of the molecule is CCOc1cccc([C@@H](N)CC)c1O.Cl. The lowest BCUT2D eigenvalue weighted by Crippen LogP contribution is -2.09. The third-order valence-electron chi connectivity index (χ3n) is 2.17. The zero-order valence-electron chi connectivity index (χ0n) is 9.06. The minimum absolute atomic E-state index is 0. The van der Waals surface area contributed by atoms with Crippen LogP contribution >= 0.6 is 12.4 Å². The van der Waals surface area contributed by atoms with Crippen LogP contribution < -0.4 is 10.5 Å². The van der Waals surface area contributed by atoms with E-state index in [-0.39, 0.29) is 24.2 Å². The molecule has 0 aromatic heterocycles.